The maximum absolute atomic E-state index is 13.4. The van der Waals surface area contributed by atoms with Gasteiger partial charge in [0.25, 0.3) is 0 Å². The molecule has 5 aromatic rings. The van der Waals surface area contributed by atoms with E-state index in [2.05, 4.69) is 46.4 Å². The molecule has 1 unspecified atom stereocenters. The first-order valence-corrected chi connectivity index (χ1v) is 16.6. The second-order valence-electron chi connectivity index (χ2n) is 12.0. The van der Waals surface area contributed by atoms with Gasteiger partial charge in [-0.2, -0.15) is 0 Å². The highest BCUT2D eigenvalue weighted by Gasteiger charge is 2.22. The number of hydrogen-bond donors (Lipinski definition) is 5. The SMILES string of the molecule is COc1cc(CO)cc(Nc2cc(Oc3ccc(NC(=O)Nc4cc(C(C)(C)C)cc(N[S+](C)[O-])c4OC)c4ccccc34)ccn2)c1. The van der Waals surface area contributed by atoms with E-state index < -0.39 is 17.4 Å². The number of urea groups is 1. The van der Waals surface area contributed by atoms with Gasteiger partial charge in [-0.25, -0.2) is 14.5 Å². The largest absolute Gasteiger partial charge is 0.593 e. The molecule has 250 valence electrons. The van der Waals surface area contributed by atoms with Crippen molar-refractivity contribution in [1.29, 1.82) is 0 Å². The summed E-state index contributed by atoms with van der Waals surface area (Å²) in [5.74, 6) is 2.65. The van der Waals surface area contributed by atoms with Crippen molar-refractivity contribution in [3.63, 3.8) is 0 Å². The molecule has 1 heterocycles. The van der Waals surface area contributed by atoms with Crippen LogP contribution in [0.2, 0.25) is 0 Å². The van der Waals surface area contributed by atoms with Crippen molar-refractivity contribution in [3.8, 4) is 23.0 Å². The van der Waals surface area contributed by atoms with Gasteiger partial charge in [-0.05, 0) is 59.0 Å². The third-order valence-electron chi connectivity index (χ3n) is 7.41. The predicted octanol–water partition coefficient (Wildman–Crippen LogP) is 7.93. The first kappa shape index (κ1) is 34.2. The molecule has 4 aromatic carbocycles. The number of carbonyl (C=O) groups excluding carboxylic acids is 1. The molecule has 5 rings (SSSR count). The second-order valence-corrected chi connectivity index (χ2v) is 13.1. The summed E-state index contributed by atoms with van der Waals surface area (Å²) < 4.78 is 32.2. The monoisotopic (exact) mass is 669 g/mol. The third kappa shape index (κ3) is 8.21. The number of hydrogen-bond acceptors (Lipinski definition) is 9. The van der Waals surface area contributed by atoms with Crippen LogP contribution in [0.3, 0.4) is 0 Å². The molecule has 12 heteroatoms. The van der Waals surface area contributed by atoms with Crippen molar-refractivity contribution < 1.29 is 28.7 Å². The molecule has 1 aromatic heterocycles. The number of pyridine rings is 1. The third-order valence-corrected chi connectivity index (χ3v) is 7.92. The number of methoxy groups -OCH3 is 2. The van der Waals surface area contributed by atoms with Crippen LogP contribution >= 0.6 is 0 Å². The highest BCUT2D eigenvalue weighted by molar-refractivity contribution is 7.92. The van der Waals surface area contributed by atoms with Gasteiger partial charge in [0.05, 0.1) is 43.6 Å². The Labute approximate surface area is 283 Å². The molecule has 0 aliphatic heterocycles. The van der Waals surface area contributed by atoms with Crippen LogP contribution in [0.4, 0.5) is 33.4 Å². The van der Waals surface area contributed by atoms with Gasteiger partial charge in [0.15, 0.2) is 5.75 Å². The van der Waals surface area contributed by atoms with Gasteiger partial charge in [0, 0.05) is 34.8 Å². The van der Waals surface area contributed by atoms with Crippen molar-refractivity contribution >= 4 is 56.7 Å². The van der Waals surface area contributed by atoms with Gasteiger partial charge in [-0.15, -0.1) is 0 Å². The molecule has 0 bridgehead atoms. The molecular weight excluding hydrogens is 630 g/mol. The fourth-order valence-corrected chi connectivity index (χ4v) is 5.57. The summed E-state index contributed by atoms with van der Waals surface area (Å²) in [5, 5.41) is 20.3. The lowest BCUT2D eigenvalue weighted by atomic mass is 9.86. The Morgan fingerprint density at radius 3 is 2.29 bits per heavy atom. The summed E-state index contributed by atoms with van der Waals surface area (Å²) in [6.07, 6.45) is 3.16. The average molecular weight is 670 g/mol. The maximum atomic E-state index is 13.4. The lowest BCUT2D eigenvalue weighted by Crippen LogP contribution is -2.22. The first-order valence-electron chi connectivity index (χ1n) is 15.1. The number of amides is 2. The Bertz CT molecular complexity index is 1910. The summed E-state index contributed by atoms with van der Waals surface area (Å²) >= 11 is -1.35. The van der Waals surface area contributed by atoms with Gasteiger partial charge in [0.2, 0.25) is 0 Å². The van der Waals surface area contributed by atoms with Gasteiger partial charge in [0.1, 0.15) is 35.0 Å². The van der Waals surface area contributed by atoms with Crippen LogP contribution < -0.4 is 34.9 Å². The fraction of sp³-hybridized carbons (Fsp3) is 0.222. The summed E-state index contributed by atoms with van der Waals surface area (Å²) in [5.41, 5.74) is 3.60. The highest BCUT2D eigenvalue weighted by atomic mass is 32.2. The molecule has 0 saturated carbocycles. The van der Waals surface area contributed by atoms with Crippen molar-refractivity contribution in [2.45, 2.75) is 32.8 Å². The number of aromatic nitrogens is 1. The molecule has 48 heavy (non-hydrogen) atoms. The van der Waals surface area contributed by atoms with Crippen molar-refractivity contribution in [2.75, 3.05) is 41.1 Å². The Hall–Kier alpha value is -5.17. The van der Waals surface area contributed by atoms with Crippen LogP contribution in [-0.2, 0) is 23.4 Å². The standard InChI is InChI=1S/C36H39N5O6S/c1-36(2,3)23-17-30(34(46-5)31(18-23)41-48(6)44)40-35(43)39-29-11-12-32(28-10-8-7-9-27(28)29)47-25-13-14-37-33(20-25)38-24-15-22(21-42)16-26(19-24)45-4/h7-20,41-42H,21H2,1-6H3,(H,37,38)(H2,39,40,43). The Morgan fingerprint density at radius 1 is 0.875 bits per heavy atom. The number of benzene rings is 4. The Kier molecular flexibility index (Phi) is 10.5. The summed E-state index contributed by atoms with van der Waals surface area (Å²) in [4.78, 5) is 17.8. The van der Waals surface area contributed by atoms with E-state index in [-0.39, 0.29) is 12.0 Å². The van der Waals surface area contributed by atoms with Gasteiger partial charge < -0.3 is 39.8 Å². The molecule has 0 saturated heterocycles. The van der Waals surface area contributed by atoms with Gasteiger partial charge in [-0.3, -0.25) is 0 Å². The predicted molar refractivity (Wildman–Crippen MR) is 192 cm³/mol. The number of nitrogens with zero attached hydrogens (tertiary/aromatic N) is 1. The van der Waals surface area contributed by atoms with Crippen molar-refractivity contribution in [1.82, 2.24) is 4.98 Å². The number of ether oxygens (including phenoxy) is 3. The lowest BCUT2D eigenvalue weighted by Gasteiger charge is -2.24. The van der Waals surface area contributed by atoms with E-state index in [0.717, 1.165) is 16.3 Å². The molecular formula is C36H39N5O6S. The zero-order valence-corrected chi connectivity index (χ0v) is 28.5. The maximum Gasteiger partial charge on any atom is 0.323 e. The second kappa shape index (κ2) is 14.7. The zero-order chi connectivity index (χ0) is 34.4. The van der Waals surface area contributed by atoms with E-state index in [1.165, 1.54) is 13.4 Å². The number of nitrogens with one attached hydrogen (secondary N) is 4. The van der Waals surface area contributed by atoms with Gasteiger partial charge in [-0.1, -0.05) is 45.0 Å². The number of carbonyl (C=O) groups is 1. The van der Waals surface area contributed by atoms with Crippen molar-refractivity contribution in [2.24, 2.45) is 0 Å². The minimum absolute atomic E-state index is 0.124. The molecule has 11 nitrogen and oxygen atoms in total. The fourth-order valence-electron chi connectivity index (χ4n) is 5.11. The molecule has 2 amide bonds. The Morgan fingerprint density at radius 2 is 1.60 bits per heavy atom. The van der Waals surface area contributed by atoms with Crippen LogP contribution in [0.15, 0.2) is 85.1 Å². The molecule has 5 N–H and O–H groups in total. The number of aliphatic hydroxyl groups excluding tert-OH is 1. The minimum Gasteiger partial charge on any atom is -0.593 e. The van der Waals surface area contributed by atoms with Crippen LogP contribution in [0.25, 0.3) is 10.8 Å². The van der Waals surface area contributed by atoms with Crippen molar-refractivity contribution in [3.05, 3.63) is 96.2 Å². The number of aliphatic hydroxyl groups is 1. The lowest BCUT2D eigenvalue weighted by molar-refractivity contribution is 0.262. The van der Waals surface area contributed by atoms with Crippen LogP contribution in [0, 0.1) is 0 Å². The number of fused-ring (bicyclic) bond motifs is 1. The van der Waals surface area contributed by atoms with E-state index in [0.29, 0.717) is 57.1 Å². The molecule has 0 aliphatic carbocycles. The first-order chi connectivity index (χ1) is 23.0. The zero-order valence-electron chi connectivity index (χ0n) is 27.6. The van der Waals surface area contributed by atoms with Crippen LogP contribution in [0.5, 0.6) is 23.0 Å². The molecule has 1 atom stereocenters. The number of rotatable bonds is 11. The van der Waals surface area contributed by atoms with E-state index in [1.807, 2.05) is 48.5 Å². The summed E-state index contributed by atoms with van der Waals surface area (Å²) in [6, 6.07) is 23.3. The highest BCUT2D eigenvalue weighted by Crippen LogP contribution is 2.40. The molecule has 0 spiro atoms. The molecule has 0 aliphatic rings. The van der Waals surface area contributed by atoms with Crippen LogP contribution in [0.1, 0.15) is 31.9 Å². The quantitative estimate of drug-likeness (QED) is 0.0884. The van der Waals surface area contributed by atoms with E-state index in [4.69, 9.17) is 14.2 Å². The Balaban J connectivity index is 1.38. The van der Waals surface area contributed by atoms with E-state index >= 15 is 0 Å². The van der Waals surface area contributed by atoms with Gasteiger partial charge >= 0.3 is 6.03 Å². The summed E-state index contributed by atoms with van der Waals surface area (Å²) in [6.45, 7) is 6.04. The topological polar surface area (TPSA) is 149 Å². The van der Waals surface area contributed by atoms with E-state index in [9.17, 15) is 14.5 Å². The smallest absolute Gasteiger partial charge is 0.323 e. The average Bonchev–Trinajstić information content (AvgIpc) is 3.05. The van der Waals surface area contributed by atoms with Crippen LogP contribution in [-0.4, -0.2) is 41.1 Å². The normalized spacial score (nSPS) is 11.8. The van der Waals surface area contributed by atoms with E-state index in [1.54, 1.807) is 43.6 Å². The minimum atomic E-state index is -1.35. The molecule has 0 fully saturated rings. The molecule has 0 radical (unpaired) electrons. The number of anilines is 5. The summed E-state index contributed by atoms with van der Waals surface area (Å²) in [7, 11) is 3.07.